The van der Waals surface area contributed by atoms with Crippen molar-refractivity contribution in [2.45, 2.75) is 26.7 Å². The van der Waals surface area contributed by atoms with Crippen LogP contribution in [-0.4, -0.2) is 80.4 Å². The minimum absolute atomic E-state index is 0. The van der Waals surface area contributed by atoms with Gasteiger partial charge in [0.05, 0.1) is 18.9 Å². The van der Waals surface area contributed by atoms with E-state index in [-0.39, 0.29) is 24.0 Å². The van der Waals surface area contributed by atoms with E-state index in [1.54, 1.807) is 0 Å². The van der Waals surface area contributed by atoms with Gasteiger partial charge in [-0.2, -0.15) is 0 Å². The van der Waals surface area contributed by atoms with Crippen LogP contribution in [0.4, 0.5) is 0 Å². The second-order valence-corrected chi connectivity index (χ2v) is 7.04. The van der Waals surface area contributed by atoms with Gasteiger partial charge in [0.1, 0.15) is 5.76 Å². The van der Waals surface area contributed by atoms with E-state index in [4.69, 9.17) is 9.26 Å². The first kappa shape index (κ1) is 21.4. The number of halogens is 1. The Labute approximate surface area is 173 Å². The standard InChI is InChI=1S/C18H31N5O2.HI/c1-14-17(15(2)25-21-14)4-6-20-18(19-3)23-7-5-16(13-23)12-22-8-10-24-11-9-22;/h16H,4-13H2,1-3H3,(H,19,20);1H. The van der Waals surface area contributed by atoms with Gasteiger partial charge in [0.15, 0.2) is 5.96 Å². The van der Waals surface area contributed by atoms with E-state index < -0.39 is 0 Å². The van der Waals surface area contributed by atoms with Gasteiger partial charge >= 0.3 is 0 Å². The molecule has 0 amide bonds. The Kier molecular flexibility index (Phi) is 8.62. The first-order chi connectivity index (χ1) is 12.2. The highest BCUT2D eigenvalue weighted by Gasteiger charge is 2.27. The summed E-state index contributed by atoms with van der Waals surface area (Å²) in [5.74, 6) is 2.65. The molecular weight excluding hydrogens is 445 g/mol. The molecule has 1 atom stereocenters. The molecule has 3 heterocycles. The number of aromatic nitrogens is 1. The second kappa shape index (κ2) is 10.5. The Balaban J connectivity index is 0.00000243. The number of aryl methyl sites for hydroxylation is 2. The van der Waals surface area contributed by atoms with Crippen molar-refractivity contribution in [3.05, 3.63) is 17.0 Å². The molecule has 1 aromatic heterocycles. The lowest BCUT2D eigenvalue weighted by atomic mass is 10.1. The zero-order valence-electron chi connectivity index (χ0n) is 16.2. The summed E-state index contributed by atoms with van der Waals surface area (Å²) in [6.07, 6.45) is 2.15. The average Bonchev–Trinajstić information content (AvgIpc) is 3.20. The third-order valence-corrected chi connectivity index (χ3v) is 5.26. The summed E-state index contributed by atoms with van der Waals surface area (Å²) in [5, 5.41) is 7.52. The second-order valence-electron chi connectivity index (χ2n) is 7.04. The summed E-state index contributed by atoms with van der Waals surface area (Å²) in [7, 11) is 1.87. The van der Waals surface area contributed by atoms with Crippen LogP contribution in [0.3, 0.4) is 0 Å². The lowest BCUT2D eigenvalue weighted by Gasteiger charge is -2.29. The fourth-order valence-electron chi connectivity index (χ4n) is 3.81. The van der Waals surface area contributed by atoms with Gasteiger partial charge in [0.25, 0.3) is 0 Å². The summed E-state index contributed by atoms with van der Waals surface area (Å²) < 4.78 is 10.7. The number of rotatable bonds is 5. The molecule has 0 aliphatic carbocycles. The molecule has 1 unspecified atom stereocenters. The van der Waals surface area contributed by atoms with Gasteiger partial charge in [-0.25, -0.2) is 0 Å². The highest BCUT2D eigenvalue weighted by atomic mass is 127. The van der Waals surface area contributed by atoms with Crippen LogP contribution >= 0.6 is 24.0 Å². The zero-order valence-corrected chi connectivity index (χ0v) is 18.5. The zero-order chi connectivity index (χ0) is 17.6. The molecule has 2 aliphatic rings. The molecule has 0 bridgehead atoms. The topological polar surface area (TPSA) is 66.1 Å². The van der Waals surface area contributed by atoms with Crippen LogP contribution < -0.4 is 5.32 Å². The minimum atomic E-state index is 0. The van der Waals surface area contributed by atoms with Crippen LogP contribution in [0.1, 0.15) is 23.4 Å². The number of nitrogens with zero attached hydrogens (tertiary/aromatic N) is 4. The number of ether oxygens (including phenoxy) is 1. The number of hydrogen-bond donors (Lipinski definition) is 1. The SMILES string of the molecule is CN=C(NCCc1c(C)noc1C)N1CCC(CN2CCOCC2)C1.I. The lowest BCUT2D eigenvalue weighted by molar-refractivity contribution is 0.0315. The van der Waals surface area contributed by atoms with Gasteiger partial charge in [0, 0.05) is 51.9 Å². The predicted octanol–water partition coefficient (Wildman–Crippen LogP) is 1.68. The summed E-state index contributed by atoms with van der Waals surface area (Å²) >= 11 is 0. The van der Waals surface area contributed by atoms with Gasteiger partial charge in [-0.05, 0) is 32.6 Å². The van der Waals surface area contributed by atoms with Crippen LogP contribution in [0.5, 0.6) is 0 Å². The van der Waals surface area contributed by atoms with Crippen molar-refractivity contribution < 1.29 is 9.26 Å². The smallest absolute Gasteiger partial charge is 0.193 e. The lowest BCUT2D eigenvalue weighted by Crippen LogP contribution is -2.42. The Hall–Kier alpha value is -0.870. The van der Waals surface area contributed by atoms with E-state index in [1.165, 1.54) is 18.5 Å². The third-order valence-electron chi connectivity index (χ3n) is 5.26. The number of nitrogens with one attached hydrogen (secondary N) is 1. The van der Waals surface area contributed by atoms with Crippen LogP contribution in [0.15, 0.2) is 9.52 Å². The molecule has 1 aromatic rings. The number of hydrogen-bond acceptors (Lipinski definition) is 5. The van der Waals surface area contributed by atoms with Crippen molar-refractivity contribution in [3.63, 3.8) is 0 Å². The van der Waals surface area contributed by atoms with Gasteiger partial charge in [-0.1, -0.05) is 5.16 Å². The van der Waals surface area contributed by atoms with E-state index in [0.717, 1.165) is 75.7 Å². The maximum absolute atomic E-state index is 5.44. The maximum atomic E-state index is 5.44. The van der Waals surface area contributed by atoms with Crippen LogP contribution in [0, 0.1) is 19.8 Å². The van der Waals surface area contributed by atoms with Crippen LogP contribution in [-0.2, 0) is 11.2 Å². The first-order valence-electron chi connectivity index (χ1n) is 9.35. The van der Waals surface area contributed by atoms with E-state index in [9.17, 15) is 0 Å². The fourth-order valence-corrected chi connectivity index (χ4v) is 3.81. The summed E-state index contributed by atoms with van der Waals surface area (Å²) in [6.45, 7) is 12.1. The van der Waals surface area contributed by atoms with Crippen molar-refractivity contribution in [2.24, 2.45) is 10.9 Å². The molecular formula is C18H32IN5O2. The summed E-state index contributed by atoms with van der Waals surface area (Å²) in [5.41, 5.74) is 2.19. The molecule has 0 spiro atoms. The first-order valence-corrected chi connectivity index (χ1v) is 9.35. The van der Waals surface area contributed by atoms with Gasteiger partial charge in [-0.15, -0.1) is 24.0 Å². The molecule has 26 heavy (non-hydrogen) atoms. The average molecular weight is 477 g/mol. The third kappa shape index (κ3) is 5.56. The van der Waals surface area contributed by atoms with Crippen LogP contribution in [0.2, 0.25) is 0 Å². The monoisotopic (exact) mass is 477 g/mol. The molecule has 7 nitrogen and oxygen atoms in total. The highest BCUT2D eigenvalue weighted by Crippen LogP contribution is 2.18. The number of morpholine rings is 1. The molecule has 0 aromatic carbocycles. The Morgan fingerprint density at radius 1 is 1.27 bits per heavy atom. The van der Waals surface area contributed by atoms with E-state index in [1.807, 2.05) is 20.9 Å². The molecule has 2 aliphatic heterocycles. The molecule has 3 rings (SSSR count). The molecule has 0 saturated carbocycles. The summed E-state index contributed by atoms with van der Waals surface area (Å²) in [6, 6.07) is 0. The quantitative estimate of drug-likeness (QED) is 0.396. The number of likely N-dealkylation sites (tertiary alicyclic amines) is 1. The highest BCUT2D eigenvalue weighted by molar-refractivity contribution is 14.0. The Morgan fingerprint density at radius 2 is 2.04 bits per heavy atom. The van der Waals surface area contributed by atoms with Crippen LogP contribution in [0.25, 0.3) is 0 Å². The van der Waals surface area contributed by atoms with E-state index >= 15 is 0 Å². The molecule has 1 N–H and O–H groups in total. The van der Waals surface area contributed by atoms with Gasteiger partial charge in [-0.3, -0.25) is 9.89 Å². The van der Waals surface area contributed by atoms with Crippen molar-refractivity contribution >= 4 is 29.9 Å². The Morgan fingerprint density at radius 3 is 2.69 bits per heavy atom. The number of guanidine groups is 1. The maximum Gasteiger partial charge on any atom is 0.193 e. The van der Waals surface area contributed by atoms with Gasteiger partial charge in [0.2, 0.25) is 0 Å². The largest absolute Gasteiger partial charge is 0.379 e. The number of aliphatic imine (C=N–C) groups is 1. The molecule has 0 radical (unpaired) electrons. The van der Waals surface area contributed by atoms with E-state index in [2.05, 4.69) is 25.3 Å². The van der Waals surface area contributed by atoms with Crippen molar-refractivity contribution in [1.82, 2.24) is 20.3 Å². The molecule has 2 fully saturated rings. The van der Waals surface area contributed by atoms with Crippen molar-refractivity contribution in [1.29, 1.82) is 0 Å². The predicted molar refractivity (Wildman–Crippen MR) is 113 cm³/mol. The van der Waals surface area contributed by atoms with Crippen molar-refractivity contribution in [3.8, 4) is 0 Å². The normalized spacial score (nSPS) is 21.7. The Bertz CT molecular complexity index is 567. The molecule has 2 saturated heterocycles. The van der Waals surface area contributed by atoms with Crippen molar-refractivity contribution in [2.75, 3.05) is 59.5 Å². The minimum Gasteiger partial charge on any atom is -0.379 e. The molecule has 148 valence electrons. The van der Waals surface area contributed by atoms with Gasteiger partial charge < -0.3 is 19.5 Å². The molecule has 8 heteroatoms. The summed E-state index contributed by atoms with van der Waals surface area (Å²) in [4.78, 5) is 9.39. The fraction of sp³-hybridized carbons (Fsp3) is 0.778. The van der Waals surface area contributed by atoms with E-state index in [0.29, 0.717) is 0 Å².